The van der Waals surface area contributed by atoms with E-state index in [-0.39, 0.29) is 5.91 Å². The summed E-state index contributed by atoms with van der Waals surface area (Å²) in [4.78, 5) is 19.7. The van der Waals surface area contributed by atoms with Gasteiger partial charge in [-0.1, -0.05) is 30.3 Å². The van der Waals surface area contributed by atoms with E-state index in [1.54, 1.807) is 0 Å². The van der Waals surface area contributed by atoms with Crippen molar-refractivity contribution in [1.29, 1.82) is 0 Å². The molecule has 0 saturated heterocycles. The van der Waals surface area contributed by atoms with Gasteiger partial charge in [0.05, 0.1) is 6.20 Å². The molecule has 0 aliphatic carbocycles. The van der Waals surface area contributed by atoms with Crippen LogP contribution in [-0.4, -0.2) is 22.4 Å². The van der Waals surface area contributed by atoms with Crippen molar-refractivity contribution in [3.8, 4) is 11.5 Å². The fourth-order valence-corrected chi connectivity index (χ4v) is 2.18. The molecule has 0 aliphatic heterocycles. The van der Waals surface area contributed by atoms with Crippen LogP contribution >= 0.6 is 0 Å². The zero-order chi connectivity index (χ0) is 16.6. The average Bonchev–Trinajstić information content (AvgIpc) is 2.65. The monoisotopic (exact) mass is 319 g/mol. The number of carbonyl (C=O) groups is 1. The minimum Gasteiger partial charge on any atom is -0.457 e. The molecule has 0 saturated carbocycles. The number of carbonyl (C=O) groups excluding carboxylic acids is 1. The van der Waals surface area contributed by atoms with Crippen molar-refractivity contribution in [2.45, 2.75) is 6.42 Å². The summed E-state index contributed by atoms with van der Waals surface area (Å²) in [5, 5.41) is 2.83. The topological polar surface area (TPSA) is 64.1 Å². The Hall–Kier alpha value is -3.21. The number of hydrogen-bond donors (Lipinski definition) is 1. The van der Waals surface area contributed by atoms with E-state index in [1.807, 2.05) is 54.6 Å². The number of rotatable bonds is 6. The summed E-state index contributed by atoms with van der Waals surface area (Å²) in [6, 6.07) is 17.5. The molecule has 3 aromatic rings. The number of aromatic nitrogens is 2. The summed E-state index contributed by atoms with van der Waals surface area (Å²) in [7, 11) is 0. The first-order chi connectivity index (χ1) is 11.8. The standard InChI is InChI=1S/C19H17N3O2/c23-19(18-14-20-12-13-21-18)22-11-10-15-6-8-17(9-7-15)24-16-4-2-1-3-5-16/h1-9,12-14H,10-11H2,(H,22,23). The van der Waals surface area contributed by atoms with Crippen LogP contribution in [0, 0.1) is 0 Å². The summed E-state index contributed by atoms with van der Waals surface area (Å²) < 4.78 is 5.75. The van der Waals surface area contributed by atoms with Crippen molar-refractivity contribution in [2.75, 3.05) is 6.54 Å². The molecular formula is C19H17N3O2. The van der Waals surface area contributed by atoms with Crippen molar-refractivity contribution < 1.29 is 9.53 Å². The van der Waals surface area contributed by atoms with E-state index in [9.17, 15) is 4.79 Å². The molecule has 0 atom stereocenters. The van der Waals surface area contributed by atoms with Crippen molar-refractivity contribution in [1.82, 2.24) is 15.3 Å². The SMILES string of the molecule is O=C(NCCc1ccc(Oc2ccccc2)cc1)c1cnccn1. The zero-order valence-corrected chi connectivity index (χ0v) is 13.1. The Labute approximate surface area is 140 Å². The van der Waals surface area contributed by atoms with Crippen LogP contribution in [0.15, 0.2) is 73.2 Å². The quantitative estimate of drug-likeness (QED) is 0.757. The van der Waals surface area contributed by atoms with Gasteiger partial charge >= 0.3 is 0 Å². The van der Waals surface area contributed by atoms with Gasteiger partial charge in [0.2, 0.25) is 0 Å². The summed E-state index contributed by atoms with van der Waals surface area (Å²) in [6.07, 6.45) is 5.22. The number of nitrogens with zero attached hydrogens (tertiary/aromatic N) is 2. The second-order valence-electron chi connectivity index (χ2n) is 5.16. The molecule has 1 amide bonds. The van der Waals surface area contributed by atoms with Gasteiger partial charge in [0.25, 0.3) is 5.91 Å². The maximum Gasteiger partial charge on any atom is 0.271 e. The van der Waals surface area contributed by atoms with Crippen LogP contribution in [0.5, 0.6) is 11.5 Å². The lowest BCUT2D eigenvalue weighted by Gasteiger charge is -2.07. The molecule has 0 spiro atoms. The van der Waals surface area contributed by atoms with E-state index >= 15 is 0 Å². The molecule has 0 radical (unpaired) electrons. The minimum atomic E-state index is -0.216. The van der Waals surface area contributed by atoms with Gasteiger partial charge < -0.3 is 10.1 Å². The lowest BCUT2D eigenvalue weighted by Crippen LogP contribution is -2.26. The Morgan fingerprint density at radius 1 is 0.958 bits per heavy atom. The van der Waals surface area contributed by atoms with E-state index in [0.717, 1.165) is 23.5 Å². The molecule has 0 unspecified atom stereocenters. The summed E-state index contributed by atoms with van der Waals surface area (Å²) in [5.41, 5.74) is 1.44. The average molecular weight is 319 g/mol. The maximum absolute atomic E-state index is 11.9. The number of para-hydroxylation sites is 1. The highest BCUT2D eigenvalue weighted by Crippen LogP contribution is 2.21. The fraction of sp³-hybridized carbons (Fsp3) is 0.105. The molecular weight excluding hydrogens is 302 g/mol. The van der Waals surface area contributed by atoms with Crippen LogP contribution < -0.4 is 10.1 Å². The second-order valence-corrected chi connectivity index (χ2v) is 5.16. The maximum atomic E-state index is 11.9. The van der Waals surface area contributed by atoms with Crippen LogP contribution in [0.3, 0.4) is 0 Å². The van der Waals surface area contributed by atoms with Gasteiger partial charge in [-0.3, -0.25) is 9.78 Å². The molecule has 1 heterocycles. The highest BCUT2D eigenvalue weighted by Gasteiger charge is 2.05. The van der Waals surface area contributed by atoms with Gasteiger partial charge in [0.15, 0.2) is 0 Å². The van der Waals surface area contributed by atoms with Crippen molar-refractivity contribution in [3.63, 3.8) is 0 Å². The molecule has 0 fully saturated rings. The first kappa shape index (κ1) is 15.7. The summed E-state index contributed by atoms with van der Waals surface area (Å²) in [6.45, 7) is 0.536. The number of hydrogen-bond acceptors (Lipinski definition) is 4. The molecule has 0 bridgehead atoms. The van der Waals surface area contributed by atoms with Crippen LogP contribution in [0.25, 0.3) is 0 Å². The third kappa shape index (κ3) is 4.39. The predicted octanol–water partition coefficient (Wildman–Crippen LogP) is 3.24. The van der Waals surface area contributed by atoms with E-state index in [0.29, 0.717) is 12.2 Å². The Kier molecular flexibility index (Phi) is 5.14. The van der Waals surface area contributed by atoms with Crippen LogP contribution in [0.2, 0.25) is 0 Å². The van der Waals surface area contributed by atoms with Crippen LogP contribution in [-0.2, 0) is 6.42 Å². The molecule has 1 N–H and O–H groups in total. The molecule has 24 heavy (non-hydrogen) atoms. The lowest BCUT2D eigenvalue weighted by molar-refractivity contribution is 0.0948. The van der Waals surface area contributed by atoms with E-state index in [4.69, 9.17) is 4.74 Å². The second kappa shape index (κ2) is 7.87. The highest BCUT2D eigenvalue weighted by molar-refractivity contribution is 5.91. The Balaban J connectivity index is 1.49. The first-order valence-electron chi connectivity index (χ1n) is 7.67. The van der Waals surface area contributed by atoms with E-state index in [2.05, 4.69) is 15.3 Å². The number of nitrogens with one attached hydrogen (secondary N) is 1. The van der Waals surface area contributed by atoms with Gasteiger partial charge in [-0.25, -0.2) is 4.98 Å². The van der Waals surface area contributed by atoms with Gasteiger partial charge in [-0.15, -0.1) is 0 Å². The lowest BCUT2D eigenvalue weighted by atomic mass is 10.1. The van der Waals surface area contributed by atoms with Gasteiger partial charge in [0.1, 0.15) is 17.2 Å². The number of ether oxygens (including phenoxy) is 1. The van der Waals surface area contributed by atoms with Crippen molar-refractivity contribution in [3.05, 3.63) is 84.4 Å². The minimum absolute atomic E-state index is 0.216. The normalized spacial score (nSPS) is 10.2. The van der Waals surface area contributed by atoms with E-state index in [1.165, 1.54) is 18.6 Å². The Morgan fingerprint density at radius 2 is 1.71 bits per heavy atom. The molecule has 1 aromatic heterocycles. The first-order valence-corrected chi connectivity index (χ1v) is 7.67. The third-order valence-electron chi connectivity index (χ3n) is 3.40. The van der Waals surface area contributed by atoms with Gasteiger partial charge in [-0.05, 0) is 36.2 Å². The molecule has 120 valence electrons. The Bertz CT molecular complexity index is 775. The number of benzene rings is 2. The van der Waals surface area contributed by atoms with Crippen LogP contribution in [0.4, 0.5) is 0 Å². The molecule has 3 rings (SSSR count). The zero-order valence-electron chi connectivity index (χ0n) is 13.1. The molecule has 5 heteroatoms. The largest absolute Gasteiger partial charge is 0.457 e. The molecule has 0 aliphatic rings. The molecule has 2 aromatic carbocycles. The van der Waals surface area contributed by atoms with Crippen molar-refractivity contribution >= 4 is 5.91 Å². The van der Waals surface area contributed by atoms with Gasteiger partial charge in [-0.2, -0.15) is 0 Å². The highest BCUT2D eigenvalue weighted by atomic mass is 16.5. The summed E-state index contributed by atoms with van der Waals surface area (Å²) in [5.74, 6) is 1.38. The van der Waals surface area contributed by atoms with Crippen molar-refractivity contribution in [2.24, 2.45) is 0 Å². The number of amides is 1. The van der Waals surface area contributed by atoms with Crippen LogP contribution in [0.1, 0.15) is 16.1 Å². The fourth-order valence-electron chi connectivity index (χ4n) is 2.18. The van der Waals surface area contributed by atoms with E-state index < -0.39 is 0 Å². The molecule has 5 nitrogen and oxygen atoms in total. The predicted molar refractivity (Wildman–Crippen MR) is 91.0 cm³/mol. The smallest absolute Gasteiger partial charge is 0.271 e. The Morgan fingerprint density at radius 3 is 2.42 bits per heavy atom. The third-order valence-corrected chi connectivity index (χ3v) is 3.40. The summed E-state index contributed by atoms with van der Waals surface area (Å²) >= 11 is 0. The van der Waals surface area contributed by atoms with Gasteiger partial charge in [0, 0.05) is 18.9 Å².